The summed E-state index contributed by atoms with van der Waals surface area (Å²) < 4.78 is 11.3. The van der Waals surface area contributed by atoms with Crippen molar-refractivity contribution in [1.82, 2.24) is 10.6 Å². The standard InChI is InChI=1S/C25H33N3O2.HI/c1-2-26-24(27-14-10-20-8-9-23-21(18-20)11-15-30-23)28-19-25(12-16-29-17-13-25)22-6-4-3-5-7-22;/h3-9,18H,2,10-17,19H2,1H3,(H2,26,27,28);1H. The third-order valence-corrected chi connectivity index (χ3v) is 6.18. The second-order valence-electron chi connectivity index (χ2n) is 8.17. The Bertz CT molecular complexity index is 851. The van der Waals surface area contributed by atoms with Crippen LogP contribution >= 0.6 is 24.0 Å². The van der Waals surface area contributed by atoms with Gasteiger partial charge in [0.2, 0.25) is 0 Å². The zero-order valence-electron chi connectivity index (χ0n) is 18.4. The maximum atomic E-state index is 5.66. The van der Waals surface area contributed by atoms with Crippen LogP contribution in [-0.2, 0) is 23.0 Å². The monoisotopic (exact) mass is 535 g/mol. The molecule has 0 amide bonds. The number of nitrogens with zero attached hydrogens (tertiary/aromatic N) is 1. The van der Waals surface area contributed by atoms with Gasteiger partial charge in [-0.2, -0.15) is 0 Å². The fourth-order valence-electron chi connectivity index (χ4n) is 4.38. The number of guanidine groups is 1. The van der Waals surface area contributed by atoms with Gasteiger partial charge in [0.1, 0.15) is 5.75 Å². The molecule has 4 rings (SSSR count). The SMILES string of the molecule is CCNC(=NCC1(c2ccccc2)CCOCC1)NCCc1ccc2c(c1)CCO2.I. The van der Waals surface area contributed by atoms with E-state index in [1.807, 2.05) is 0 Å². The molecule has 5 nitrogen and oxygen atoms in total. The summed E-state index contributed by atoms with van der Waals surface area (Å²) in [6.07, 6.45) is 4.01. The van der Waals surface area contributed by atoms with E-state index in [0.717, 1.165) is 76.8 Å². The van der Waals surface area contributed by atoms with Gasteiger partial charge in [0.25, 0.3) is 0 Å². The number of ether oxygens (including phenoxy) is 2. The summed E-state index contributed by atoms with van der Waals surface area (Å²) in [6.45, 7) is 7.00. The first-order chi connectivity index (χ1) is 14.8. The quantitative estimate of drug-likeness (QED) is 0.319. The molecule has 0 spiro atoms. The topological polar surface area (TPSA) is 54.9 Å². The molecule has 2 N–H and O–H groups in total. The molecule has 2 aromatic carbocycles. The first kappa shape index (κ1) is 23.9. The maximum Gasteiger partial charge on any atom is 0.191 e. The van der Waals surface area contributed by atoms with Gasteiger partial charge in [-0.1, -0.05) is 42.5 Å². The zero-order valence-corrected chi connectivity index (χ0v) is 20.7. The Morgan fingerprint density at radius 3 is 2.61 bits per heavy atom. The highest BCUT2D eigenvalue weighted by Crippen LogP contribution is 2.35. The summed E-state index contributed by atoms with van der Waals surface area (Å²) in [5.41, 5.74) is 4.10. The molecule has 2 aliphatic rings. The highest BCUT2D eigenvalue weighted by molar-refractivity contribution is 14.0. The lowest BCUT2D eigenvalue weighted by Gasteiger charge is -2.36. The molecule has 2 aromatic rings. The van der Waals surface area contributed by atoms with E-state index >= 15 is 0 Å². The Morgan fingerprint density at radius 2 is 1.84 bits per heavy atom. The molecular weight excluding hydrogens is 501 g/mol. The highest BCUT2D eigenvalue weighted by Gasteiger charge is 2.34. The molecule has 2 heterocycles. The van der Waals surface area contributed by atoms with E-state index < -0.39 is 0 Å². The number of hydrogen-bond donors (Lipinski definition) is 2. The molecule has 0 unspecified atom stereocenters. The first-order valence-electron chi connectivity index (χ1n) is 11.2. The van der Waals surface area contributed by atoms with Crippen LogP contribution in [0.5, 0.6) is 5.75 Å². The summed E-state index contributed by atoms with van der Waals surface area (Å²) in [7, 11) is 0. The molecule has 0 radical (unpaired) electrons. The van der Waals surface area contributed by atoms with Gasteiger partial charge < -0.3 is 20.1 Å². The van der Waals surface area contributed by atoms with Gasteiger partial charge in [0.05, 0.1) is 13.2 Å². The van der Waals surface area contributed by atoms with Crippen molar-refractivity contribution in [3.63, 3.8) is 0 Å². The van der Waals surface area contributed by atoms with Crippen molar-refractivity contribution in [3.8, 4) is 5.75 Å². The lowest BCUT2D eigenvalue weighted by Crippen LogP contribution is -2.41. The van der Waals surface area contributed by atoms with Gasteiger partial charge in [-0.25, -0.2) is 0 Å². The van der Waals surface area contributed by atoms with E-state index in [1.165, 1.54) is 16.7 Å². The summed E-state index contributed by atoms with van der Waals surface area (Å²) in [5.74, 6) is 1.94. The largest absolute Gasteiger partial charge is 0.493 e. The van der Waals surface area contributed by atoms with Gasteiger partial charge in [0, 0.05) is 38.1 Å². The van der Waals surface area contributed by atoms with Crippen molar-refractivity contribution >= 4 is 29.9 Å². The van der Waals surface area contributed by atoms with E-state index in [0.29, 0.717) is 0 Å². The van der Waals surface area contributed by atoms with Crippen LogP contribution in [0.2, 0.25) is 0 Å². The van der Waals surface area contributed by atoms with Crippen LogP contribution in [-0.4, -0.2) is 45.4 Å². The number of rotatable bonds is 7. The Labute approximate surface area is 203 Å². The van der Waals surface area contributed by atoms with Gasteiger partial charge in [-0.05, 0) is 48.9 Å². The normalized spacial score (nSPS) is 17.3. The minimum Gasteiger partial charge on any atom is -0.493 e. The molecule has 0 aromatic heterocycles. The molecule has 6 heteroatoms. The summed E-state index contributed by atoms with van der Waals surface area (Å²) in [4.78, 5) is 4.99. The molecule has 0 aliphatic carbocycles. The maximum absolute atomic E-state index is 5.66. The fraction of sp³-hybridized carbons (Fsp3) is 0.480. The van der Waals surface area contributed by atoms with Crippen LogP contribution in [0.25, 0.3) is 0 Å². The average Bonchev–Trinajstić information content (AvgIpc) is 3.27. The minimum atomic E-state index is 0. The van der Waals surface area contributed by atoms with Gasteiger partial charge >= 0.3 is 0 Å². The van der Waals surface area contributed by atoms with Crippen molar-refractivity contribution in [2.75, 3.05) is 39.5 Å². The molecular formula is C25H34IN3O2. The van der Waals surface area contributed by atoms with E-state index in [-0.39, 0.29) is 29.4 Å². The van der Waals surface area contributed by atoms with Gasteiger partial charge in [-0.3, -0.25) is 4.99 Å². The Kier molecular flexibility index (Phi) is 9.02. The first-order valence-corrected chi connectivity index (χ1v) is 11.2. The summed E-state index contributed by atoms with van der Waals surface area (Å²) >= 11 is 0. The minimum absolute atomic E-state index is 0. The van der Waals surface area contributed by atoms with Crippen molar-refractivity contribution in [3.05, 3.63) is 65.2 Å². The molecule has 168 valence electrons. The Balaban J connectivity index is 0.00000272. The average molecular weight is 535 g/mol. The van der Waals surface area contributed by atoms with Crippen molar-refractivity contribution in [2.24, 2.45) is 4.99 Å². The lowest BCUT2D eigenvalue weighted by molar-refractivity contribution is 0.0531. The van der Waals surface area contributed by atoms with Crippen LogP contribution < -0.4 is 15.4 Å². The molecule has 0 saturated carbocycles. The van der Waals surface area contributed by atoms with Gasteiger partial charge in [-0.15, -0.1) is 24.0 Å². The Morgan fingerprint density at radius 1 is 1.03 bits per heavy atom. The number of nitrogens with one attached hydrogen (secondary N) is 2. The zero-order chi connectivity index (χ0) is 20.7. The predicted molar refractivity (Wildman–Crippen MR) is 137 cm³/mol. The fourth-order valence-corrected chi connectivity index (χ4v) is 4.38. The second-order valence-corrected chi connectivity index (χ2v) is 8.17. The van der Waals surface area contributed by atoms with Gasteiger partial charge in [0.15, 0.2) is 5.96 Å². The van der Waals surface area contributed by atoms with Crippen LogP contribution in [0, 0.1) is 0 Å². The van der Waals surface area contributed by atoms with Crippen LogP contribution in [0.15, 0.2) is 53.5 Å². The van der Waals surface area contributed by atoms with E-state index in [2.05, 4.69) is 66.1 Å². The van der Waals surface area contributed by atoms with E-state index in [4.69, 9.17) is 14.5 Å². The number of aliphatic imine (C=N–C) groups is 1. The van der Waals surface area contributed by atoms with Crippen LogP contribution in [0.1, 0.15) is 36.5 Å². The van der Waals surface area contributed by atoms with E-state index in [9.17, 15) is 0 Å². The highest BCUT2D eigenvalue weighted by atomic mass is 127. The number of benzene rings is 2. The number of hydrogen-bond acceptors (Lipinski definition) is 3. The molecule has 31 heavy (non-hydrogen) atoms. The summed E-state index contributed by atoms with van der Waals surface area (Å²) in [5, 5.41) is 6.93. The Hall–Kier alpha value is -1.80. The van der Waals surface area contributed by atoms with Crippen molar-refractivity contribution in [2.45, 2.75) is 38.0 Å². The van der Waals surface area contributed by atoms with Crippen molar-refractivity contribution in [1.29, 1.82) is 0 Å². The lowest BCUT2D eigenvalue weighted by atomic mass is 9.74. The van der Waals surface area contributed by atoms with Crippen LogP contribution in [0.4, 0.5) is 0 Å². The predicted octanol–water partition coefficient (Wildman–Crippen LogP) is 4.09. The number of fused-ring (bicyclic) bond motifs is 1. The molecule has 2 aliphatic heterocycles. The molecule has 0 atom stereocenters. The smallest absolute Gasteiger partial charge is 0.191 e. The third-order valence-electron chi connectivity index (χ3n) is 6.18. The molecule has 0 bridgehead atoms. The van der Waals surface area contributed by atoms with Crippen molar-refractivity contribution < 1.29 is 9.47 Å². The summed E-state index contributed by atoms with van der Waals surface area (Å²) in [6, 6.07) is 17.4. The molecule has 1 fully saturated rings. The third kappa shape index (κ3) is 6.13. The van der Waals surface area contributed by atoms with Crippen LogP contribution in [0.3, 0.4) is 0 Å². The van der Waals surface area contributed by atoms with E-state index in [1.54, 1.807) is 0 Å². The molecule has 1 saturated heterocycles. The number of halogens is 1. The second kappa shape index (κ2) is 11.7.